The number of fused-ring (bicyclic) bond motifs is 2. The van der Waals surface area contributed by atoms with E-state index in [0.29, 0.717) is 28.7 Å². The van der Waals surface area contributed by atoms with Crippen LogP contribution in [0.2, 0.25) is 0 Å². The molecule has 3 N–H and O–H groups in total. The number of nitrogens with zero attached hydrogens (tertiary/aromatic N) is 2. The van der Waals surface area contributed by atoms with E-state index in [2.05, 4.69) is 4.98 Å². The number of anilines is 1. The van der Waals surface area contributed by atoms with E-state index < -0.39 is 5.97 Å². The Hall–Kier alpha value is -3.22. The van der Waals surface area contributed by atoms with Crippen LogP contribution < -0.4 is 15.2 Å². The van der Waals surface area contributed by atoms with Crippen molar-refractivity contribution in [2.75, 3.05) is 12.5 Å². The highest BCUT2D eigenvalue weighted by molar-refractivity contribution is 5.89. The van der Waals surface area contributed by atoms with Gasteiger partial charge in [-0.1, -0.05) is 0 Å². The number of hydrogen-bond acceptors (Lipinski definition) is 5. The number of benzene rings is 1. The van der Waals surface area contributed by atoms with Gasteiger partial charge in [-0.15, -0.1) is 0 Å². The number of carboxylic acid groups (broad SMARTS) is 1. The van der Waals surface area contributed by atoms with Crippen LogP contribution in [-0.4, -0.2) is 27.3 Å². The summed E-state index contributed by atoms with van der Waals surface area (Å²) < 4.78 is 12.3. The van der Waals surface area contributed by atoms with Crippen LogP contribution in [0.3, 0.4) is 0 Å². The van der Waals surface area contributed by atoms with Gasteiger partial charge in [0.25, 0.3) is 0 Å². The Morgan fingerprint density at radius 2 is 2.05 bits per heavy atom. The van der Waals surface area contributed by atoms with Crippen LogP contribution in [0.15, 0.2) is 36.5 Å². The molecule has 0 fully saturated rings. The van der Waals surface area contributed by atoms with Gasteiger partial charge >= 0.3 is 5.97 Å². The average molecular weight is 297 g/mol. The molecule has 1 aliphatic rings. The molecule has 1 aromatic carbocycles. The SMILES string of the molecule is Nc1c(-c2ccc3c(c2)OCO3)nc2cc(C(=O)O)ccn12. The normalized spacial score (nSPS) is 12.7. The molecule has 0 bridgehead atoms. The molecule has 0 amide bonds. The number of imidazole rings is 1. The molecule has 2 aromatic heterocycles. The van der Waals surface area contributed by atoms with Crippen molar-refractivity contribution in [3.05, 3.63) is 42.1 Å². The Morgan fingerprint density at radius 1 is 1.23 bits per heavy atom. The standard InChI is InChI=1S/C15H11N3O4/c16-14-13(8-1-2-10-11(5-8)22-7-21-10)17-12-6-9(15(19)20)3-4-18(12)14/h1-6H,7,16H2,(H,19,20). The summed E-state index contributed by atoms with van der Waals surface area (Å²) in [6, 6.07) is 8.40. The van der Waals surface area contributed by atoms with Crippen molar-refractivity contribution in [3.63, 3.8) is 0 Å². The Morgan fingerprint density at radius 3 is 2.86 bits per heavy atom. The van der Waals surface area contributed by atoms with Gasteiger partial charge in [-0.3, -0.25) is 4.40 Å². The van der Waals surface area contributed by atoms with Crippen molar-refractivity contribution >= 4 is 17.4 Å². The van der Waals surface area contributed by atoms with Crippen molar-refractivity contribution in [1.29, 1.82) is 0 Å². The van der Waals surface area contributed by atoms with Gasteiger partial charge < -0.3 is 20.3 Å². The second-order valence-electron chi connectivity index (χ2n) is 4.86. The molecule has 7 nitrogen and oxygen atoms in total. The van der Waals surface area contributed by atoms with E-state index in [-0.39, 0.29) is 12.4 Å². The third kappa shape index (κ3) is 1.76. The molecule has 0 saturated carbocycles. The van der Waals surface area contributed by atoms with Crippen molar-refractivity contribution in [3.8, 4) is 22.8 Å². The van der Waals surface area contributed by atoms with Crippen molar-refractivity contribution < 1.29 is 19.4 Å². The van der Waals surface area contributed by atoms with Gasteiger partial charge in [-0.25, -0.2) is 9.78 Å². The van der Waals surface area contributed by atoms with Gasteiger partial charge in [0.05, 0.1) is 5.56 Å². The molecule has 1 aliphatic heterocycles. The Kier molecular flexibility index (Phi) is 2.50. The molecule has 7 heteroatoms. The van der Waals surface area contributed by atoms with Gasteiger partial charge in [0.2, 0.25) is 6.79 Å². The zero-order chi connectivity index (χ0) is 15.3. The van der Waals surface area contributed by atoms with Gasteiger partial charge in [0.1, 0.15) is 17.2 Å². The summed E-state index contributed by atoms with van der Waals surface area (Å²) in [4.78, 5) is 15.5. The van der Waals surface area contributed by atoms with Crippen LogP contribution in [0.1, 0.15) is 10.4 Å². The van der Waals surface area contributed by atoms with E-state index in [0.717, 1.165) is 5.56 Å². The molecule has 22 heavy (non-hydrogen) atoms. The number of hydrogen-bond donors (Lipinski definition) is 2. The minimum atomic E-state index is -1.01. The third-order valence-electron chi connectivity index (χ3n) is 3.56. The van der Waals surface area contributed by atoms with Gasteiger partial charge in [-0.2, -0.15) is 0 Å². The molecular weight excluding hydrogens is 286 g/mol. The first-order chi connectivity index (χ1) is 10.6. The summed E-state index contributed by atoms with van der Waals surface area (Å²) in [6.07, 6.45) is 1.59. The van der Waals surface area contributed by atoms with Crippen LogP contribution >= 0.6 is 0 Å². The fourth-order valence-electron chi connectivity index (χ4n) is 2.45. The number of carbonyl (C=O) groups is 1. The van der Waals surface area contributed by atoms with Crippen molar-refractivity contribution in [2.24, 2.45) is 0 Å². The second-order valence-corrected chi connectivity index (χ2v) is 4.86. The average Bonchev–Trinajstić information content (AvgIpc) is 3.10. The molecule has 0 unspecified atom stereocenters. The predicted octanol–water partition coefficient (Wildman–Crippen LogP) is 2.01. The lowest BCUT2D eigenvalue weighted by Gasteiger charge is -2.01. The number of nitrogen functional groups attached to an aromatic ring is 1. The van der Waals surface area contributed by atoms with E-state index in [4.69, 9.17) is 20.3 Å². The van der Waals surface area contributed by atoms with Gasteiger partial charge in [-0.05, 0) is 30.3 Å². The van der Waals surface area contributed by atoms with Crippen LogP contribution in [0.25, 0.3) is 16.9 Å². The Bertz CT molecular complexity index is 917. The molecule has 3 aromatic rings. The lowest BCUT2D eigenvalue weighted by Crippen LogP contribution is -1.99. The number of nitrogens with two attached hydrogens (primary N) is 1. The molecule has 0 spiro atoms. The zero-order valence-electron chi connectivity index (χ0n) is 11.3. The number of carboxylic acids is 1. The van der Waals surface area contributed by atoms with Crippen molar-refractivity contribution in [2.45, 2.75) is 0 Å². The molecule has 110 valence electrons. The maximum Gasteiger partial charge on any atom is 0.335 e. The smallest absolute Gasteiger partial charge is 0.335 e. The van der Waals surface area contributed by atoms with E-state index >= 15 is 0 Å². The fraction of sp³-hybridized carbons (Fsp3) is 0.0667. The highest BCUT2D eigenvalue weighted by Gasteiger charge is 2.18. The summed E-state index contributed by atoms with van der Waals surface area (Å²) in [5.41, 5.74) is 8.11. The highest BCUT2D eigenvalue weighted by Crippen LogP contribution is 2.37. The van der Waals surface area contributed by atoms with E-state index in [9.17, 15) is 4.79 Å². The first-order valence-electron chi connectivity index (χ1n) is 6.54. The van der Waals surface area contributed by atoms with Crippen LogP contribution in [0.5, 0.6) is 11.5 Å². The minimum absolute atomic E-state index is 0.162. The topological polar surface area (TPSA) is 99.1 Å². The summed E-state index contributed by atoms with van der Waals surface area (Å²) in [5.74, 6) is 0.749. The van der Waals surface area contributed by atoms with Crippen molar-refractivity contribution in [1.82, 2.24) is 9.38 Å². The molecule has 0 atom stereocenters. The quantitative estimate of drug-likeness (QED) is 0.750. The van der Waals surface area contributed by atoms with Crippen LogP contribution in [-0.2, 0) is 0 Å². The largest absolute Gasteiger partial charge is 0.478 e. The summed E-state index contributed by atoms with van der Waals surface area (Å²) in [5, 5.41) is 9.04. The summed E-state index contributed by atoms with van der Waals surface area (Å²) >= 11 is 0. The lowest BCUT2D eigenvalue weighted by molar-refractivity contribution is 0.0697. The third-order valence-corrected chi connectivity index (χ3v) is 3.56. The first kappa shape index (κ1) is 12.5. The predicted molar refractivity (Wildman–Crippen MR) is 78.1 cm³/mol. The molecule has 4 rings (SSSR count). The lowest BCUT2D eigenvalue weighted by atomic mass is 10.1. The van der Waals surface area contributed by atoms with Gasteiger partial charge in [0, 0.05) is 11.8 Å². The fourth-order valence-corrected chi connectivity index (χ4v) is 2.45. The number of pyridine rings is 1. The molecular formula is C15H11N3O4. The van der Waals surface area contributed by atoms with Crippen LogP contribution in [0.4, 0.5) is 5.82 Å². The molecule has 0 radical (unpaired) electrons. The summed E-state index contributed by atoms with van der Waals surface area (Å²) in [7, 11) is 0. The summed E-state index contributed by atoms with van der Waals surface area (Å²) in [6.45, 7) is 0.196. The monoisotopic (exact) mass is 297 g/mol. The number of rotatable bonds is 2. The van der Waals surface area contributed by atoms with Gasteiger partial charge in [0.15, 0.2) is 11.5 Å². The van der Waals surface area contributed by atoms with E-state index in [1.54, 1.807) is 22.7 Å². The van der Waals surface area contributed by atoms with E-state index in [1.165, 1.54) is 12.1 Å². The second kappa shape index (κ2) is 4.39. The Balaban J connectivity index is 1.88. The van der Waals surface area contributed by atoms with E-state index in [1.807, 2.05) is 6.07 Å². The maximum atomic E-state index is 11.0. The molecule has 3 heterocycles. The first-order valence-corrected chi connectivity index (χ1v) is 6.54. The highest BCUT2D eigenvalue weighted by atomic mass is 16.7. The minimum Gasteiger partial charge on any atom is -0.478 e. The van der Waals surface area contributed by atoms with Crippen LogP contribution in [0, 0.1) is 0 Å². The number of ether oxygens (including phenoxy) is 2. The zero-order valence-corrected chi connectivity index (χ0v) is 11.3. The molecule has 0 aliphatic carbocycles. The number of aromatic carboxylic acids is 1. The maximum absolute atomic E-state index is 11.0. The number of aromatic nitrogens is 2. The Labute approximate surface area is 124 Å². The molecule has 0 saturated heterocycles.